The van der Waals surface area contributed by atoms with Gasteiger partial charge in [-0.3, -0.25) is 0 Å². The Labute approximate surface area is 172 Å². The molecule has 0 spiro atoms. The van der Waals surface area contributed by atoms with E-state index in [1.165, 1.54) is 51.6 Å². The molecule has 1 aliphatic carbocycles. The average molecular weight is 401 g/mol. The average Bonchev–Trinajstić information content (AvgIpc) is 3.25. The first-order valence-electron chi connectivity index (χ1n) is 10.7. The van der Waals surface area contributed by atoms with E-state index in [0.29, 0.717) is 23.2 Å². The Morgan fingerprint density at radius 2 is 1.79 bits per heavy atom. The molecule has 1 saturated heterocycles. The number of nitrogens with one attached hydrogen (secondary N) is 1. The summed E-state index contributed by atoms with van der Waals surface area (Å²) < 4.78 is 16.6. The minimum Gasteiger partial charge on any atom is -0.493 e. The molecule has 2 heterocycles. The van der Waals surface area contributed by atoms with Gasteiger partial charge in [0, 0.05) is 19.1 Å². The topological polar surface area (TPSA) is 68.7 Å². The first-order chi connectivity index (χ1) is 14.2. The SMILES string of the molecule is COc1cc2c(NCC3CCN(C4CCCCC4)C3)ncnc2c(OC)c1OC. The van der Waals surface area contributed by atoms with Crippen LogP contribution in [0.5, 0.6) is 17.2 Å². The lowest BCUT2D eigenvalue weighted by Gasteiger charge is -2.31. The molecular formula is C22H32N4O3. The van der Waals surface area contributed by atoms with Crippen LogP contribution in [-0.2, 0) is 0 Å². The summed E-state index contributed by atoms with van der Waals surface area (Å²) in [6.07, 6.45) is 9.76. The Morgan fingerprint density at radius 3 is 2.52 bits per heavy atom. The second-order valence-corrected chi connectivity index (χ2v) is 8.09. The first kappa shape index (κ1) is 20.0. The first-order valence-corrected chi connectivity index (χ1v) is 10.7. The van der Waals surface area contributed by atoms with E-state index in [4.69, 9.17) is 14.2 Å². The molecular weight excluding hydrogens is 368 g/mol. The lowest BCUT2D eigenvalue weighted by atomic mass is 9.94. The Morgan fingerprint density at radius 1 is 1.00 bits per heavy atom. The summed E-state index contributed by atoms with van der Waals surface area (Å²) in [6.45, 7) is 3.31. The number of fused-ring (bicyclic) bond motifs is 1. The summed E-state index contributed by atoms with van der Waals surface area (Å²) in [6, 6.07) is 2.72. The number of aromatic nitrogens is 2. The maximum absolute atomic E-state index is 5.58. The number of benzene rings is 1. The number of hydrogen-bond donors (Lipinski definition) is 1. The van der Waals surface area contributed by atoms with Gasteiger partial charge >= 0.3 is 0 Å². The van der Waals surface area contributed by atoms with Crippen molar-refractivity contribution in [3.63, 3.8) is 0 Å². The van der Waals surface area contributed by atoms with E-state index in [-0.39, 0.29) is 0 Å². The summed E-state index contributed by atoms with van der Waals surface area (Å²) in [5.41, 5.74) is 0.720. The van der Waals surface area contributed by atoms with Crippen molar-refractivity contribution in [3.05, 3.63) is 12.4 Å². The van der Waals surface area contributed by atoms with Crippen molar-refractivity contribution in [1.29, 1.82) is 0 Å². The van der Waals surface area contributed by atoms with Crippen LogP contribution in [0.3, 0.4) is 0 Å². The van der Waals surface area contributed by atoms with Gasteiger partial charge in [0.1, 0.15) is 17.7 Å². The van der Waals surface area contributed by atoms with Crippen LogP contribution >= 0.6 is 0 Å². The predicted molar refractivity (Wildman–Crippen MR) is 114 cm³/mol. The Hall–Kier alpha value is -2.28. The van der Waals surface area contributed by atoms with Crippen LogP contribution in [-0.4, -0.2) is 61.9 Å². The molecule has 1 unspecified atom stereocenters. The van der Waals surface area contributed by atoms with E-state index < -0.39 is 0 Å². The monoisotopic (exact) mass is 400 g/mol. The molecule has 0 amide bonds. The molecule has 1 aliphatic heterocycles. The molecule has 0 radical (unpaired) electrons. The van der Waals surface area contributed by atoms with Gasteiger partial charge in [0.25, 0.3) is 0 Å². The van der Waals surface area contributed by atoms with E-state index in [1.807, 2.05) is 6.07 Å². The third kappa shape index (κ3) is 4.06. The molecule has 1 N–H and O–H groups in total. The summed E-state index contributed by atoms with van der Waals surface area (Å²) >= 11 is 0. The third-order valence-corrected chi connectivity index (χ3v) is 6.40. The van der Waals surface area contributed by atoms with Crippen LogP contribution in [0.1, 0.15) is 38.5 Å². The van der Waals surface area contributed by atoms with Crippen LogP contribution in [0.15, 0.2) is 12.4 Å². The smallest absolute Gasteiger partial charge is 0.205 e. The standard InChI is InChI=1S/C22H32N4O3/c1-27-18-11-17-19(21(29-3)20(18)28-2)24-14-25-22(17)23-12-15-9-10-26(13-15)16-7-5-4-6-8-16/h11,14-16H,4-10,12-13H2,1-3H3,(H,23,24,25). The molecule has 7 nitrogen and oxygen atoms in total. The normalized spacial score (nSPS) is 20.7. The Kier molecular flexibility index (Phi) is 6.23. The van der Waals surface area contributed by atoms with Crippen LogP contribution in [0.2, 0.25) is 0 Å². The summed E-state index contributed by atoms with van der Waals surface area (Å²) in [5, 5.41) is 4.44. The molecule has 2 fully saturated rings. The molecule has 2 aliphatic rings. The van der Waals surface area contributed by atoms with Crippen LogP contribution < -0.4 is 19.5 Å². The molecule has 158 valence electrons. The van der Waals surface area contributed by atoms with Gasteiger partial charge in [-0.25, -0.2) is 9.97 Å². The van der Waals surface area contributed by atoms with Gasteiger partial charge in [-0.1, -0.05) is 19.3 Å². The molecule has 2 aromatic rings. The predicted octanol–water partition coefficient (Wildman–Crippen LogP) is 3.72. The highest BCUT2D eigenvalue weighted by Gasteiger charge is 2.29. The maximum atomic E-state index is 5.58. The van der Waals surface area contributed by atoms with Gasteiger partial charge in [-0.05, 0) is 37.8 Å². The number of nitrogens with zero attached hydrogens (tertiary/aromatic N) is 3. The van der Waals surface area contributed by atoms with Crippen molar-refractivity contribution in [3.8, 4) is 17.2 Å². The van der Waals surface area contributed by atoms with Crippen LogP contribution in [0, 0.1) is 5.92 Å². The molecule has 0 bridgehead atoms. The number of ether oxygens (including phenoxy) is 3. The number of methoxy groups -OCH3 is 3. The molecule has 1 aromatic carbocycles. The van der Waals surface area contributed by atoms with Crippen LogP contribution in [0.4, 0.5) is 5.82 Å². The van der Waals surface area contributed by atoms with Gasteiger partial charge in [0.05, 0.1) is 26.7 Å². The molecule has 29 heavy (non-hydrogen) atoms. The maximum Gasteiger partial charge on any atom is 0.205 e. The van der Waals surface area contributed by atoms with Crippen molar-refractivity contribution >= 4 is 16.7 Å². The fourth-order valence-electron chi connectivity index (χ4n) is 4.85. The Bertz CT molecular complexity index is 838. The van der Waals surface area contributed by atoms with Gasteiger partial charge in [0.2, 0.25) is 5.75 Å². The van der Waals surface area contributed by atoms with Gasteiger partial charge in [-0.2, -0.15) is 0 Å². The lowest BCUT2D eigenvalue weighted by molar-refractivity contribution is 0.186. The van der Waals surface area contributed by atoms with Crippen molar-refractivity contribution in [2.24, 2.45) is 5.92 Å². The van der Waals surface area contributed by atoms with Crippen molar-refractivity contribution in [1.82, 2.24) is 14.9 Å². The highest BCUT2D eigenvalue weighted by molar-refractivity contribution is 5.96. The second-order valence-electron chi connectivity index (χ2n) is 8.09. The lowest BCUT2D eigenvalue weighted by Crippen LogP contribution is -2.35. The van der Waals surface area contributed by atoms with Crippen molar-refractivity contribution < 1.29 is 14.2 Å². The fraction of sp³-hybridized carbons (Fsp3) is 0.636. The molecule has 1 atom stereocenters. The van der Waals surface area contributed by atoms with Crippen molar-refractivity contribution in [2.45, 2.75) is 44.6 Å². The summed E-state index contributed by atoms with van der Waals surface area (Å²) in [4.78, 5) is 11.6. The van der Waals surface area contributed by atoms with Gasteiger partial charge in [0.15, 0.2) is 11.5 Å². The minimum atomic E-state index is 0.547. The Balaban J connectivity index is 1.50. The summed E-state index contributed by atoms with van der Waals surface area (Å²) in [7, 11) is 4.84. The number of anilines is 1. The van der Waals surface area contributed by atoms with E-state index >= 15 is 0 Å². The number of rotatable bonds is 7. The van der Waals surface area contributed by atoms with Gasteiger partial charge < -0.3 is 24.4 Å². The van der Waals surface area contributed by atoms with Gasteiger partial charge in [-0.15, -0.1) is 0 Å². The van der Waals surface area contributed by atoms with E-state index in [2.05, 4.69) is 20.2 Å². The highest BCUT2D eigenvalue weighted by atomic mass is 16.5. The van der Waals surface area contributed by atoms with Crippen molar-refractivity contribution in [2.75, 3.05) is 46.3 Å². The van der Waals surface area contributed by atoms with E-state index in [9.17, 15) is 0 Å². The third-order valence-electron chi connectivity index (χ3n) is 6.40. The highest BCUT2D eigenvalue weighted by Crippen LogP contribution is 2.43. The molecule has 7 heteroatoms. The number of hydrogen-bond acceptors (Lipinski definition) is 7. The minimum absolute atomic E-state index is 0.547. The zero-order valence-electron chi connectivity index (χ0n) is 17.7. The number of likely N-dealkylation sites (tertiary alicyclic amines) is 1. The molecule has 1 saturated carbocycles. The molecule has 4 rings (SSSR count). The largest absolute Gasteiger partial charge is 0.493 e. The van der Waals surface area contributed by atoms with E-state index in [1.54, 1.807) is 27.7 Å². The van der Waals surface area contributed by atoms with E-state index in [0.717, 1.165) is 29.3 Å². The second kappa shape index (κ2) is 9.03. The van der Waals surface area contributed by atoms with Crippen LogP contribution in [0.25, 0.3) is 10.9 Å². The zero-order chi connectivity index (χ0) is 20.2. The summed E-state index contributed by atoms with van der Waals surface area (Å²) in [5.74, 6) is 3.18. The quantitative estimate of drug-likeness (QED) is 0.759. The fourth-order valence-corrected chi connectivity index (χ4v) is 4.85. The zero-order valence-corrected chi connectivity index (χ0v) is 17.7. The molecule has 1 aromatic heterocycles.